The first kappa shape index (κ1) is 10.1. The summed E-state index contributed by atoms with van der Waals surface area (Å²) in [6, 6.07) is 1.62. The number of carboxylic acid groups (broad SMARTS) is 1. The van der Waals surface area contributed by atoms with Crippen LogP contribution in [-0.2, 0) is 4.79 Å². The predicted octanol–water partition coefficient (Wildman–Crippen LogP) is 0.510. The van der Waals surface area contributed by atoms with E-state index in [0.717, 1.165) is 0 Å². The molecule has 0 amide bonds. The Hall–Kier alpha value is -2.02. The largest absolute Gasteiger partial charge is 0.481 e. The summed E-state index contributed by atoms with van der Waals surface area (Å²) in [6.45, 7) is 1.67. The van der Waals surface area contributed by atoms with Gasteiger partial charge in [-0.15, -0.1) is 0 Å². The maximum Gasteiger partial charge on any atom is 0.315 e. The third kappa shape index (κ3) is 2.79. The minimum atomic E-state index is -0.960. The molecule has 0 aromatic carbocycles. The number of aromatic amines is 1. The smallest absolute Gasteiger partial charge is 0.315 e. The molecule has 4 heteroatoms. The number of nitrogens with one attached hydrogen (secondary N) is 1. The van der Waals surface area contributed by atoms with E-state index in [9.17, 15) is 9.59 Å². The molecule has 0 saturated carbocycles. The average molecular weight is 191 g/mol. The maximum atomic E-state index is 11.0. The number of rotatable bonds is 1. The first-order chi connectivity index (χ1) is 6.59. The lowest BCUT2D eigenvalue weighted by atomic mass is 10.2. The molecule has 1 rings (SSSR count). The van der Waals surface area contributed by atoms with Crippen LogP contribution in [0, 0.1) is 18.8 Å². The summed E-state index contributed by atoms with van der Waals surface area (Å²) in [4.78, 5) is 23.6. The topological polar surface area (TPSA) is 70.2 Å². The summed E-state index contributed by atoms with van der Waals surface area (Å²) in [7, 11) is 0. The van der Waals surface area contributed by atoms with Crippen LogP contribution in [0.5, 0.6) is 0 Å². The van der Waals surface area contributed by atoms with E-state index in [4.69, 9.17) is 5.11 Å². The summed E-state index contributed by atoms with van der Waals surface area (Å²) in [5.74, 6) is 4.16. The number of carbonyl (C=O) groups is 1. The van der Waals surface area contributed by atoms with Crippen LogP contribution < -0.4 is 5.56 Å². The molecular formula is C10H9NO3. The number of H-pyrrole nitrogens is 1. The van der Waals surface area contributed by atoms with E-state index < -0.39 is 5.97 Å². The van der Waals surface area contributed by atoms with Gasteiger partial charge in [0.1, 0.15) is 6.42 Å². The van der Waals surface area contributed by atoms with E-state index in [2.05, 4.69) is 16.8 Å². The Morgan fingerprint density at radius 1 is 1.64 bits per heavy atom. The number of hydrogen-bond acceptors (Lipinski definition) is 2. The first-order valence-corrected chi connectivity index (χ1v) is 3.99. The molecule has 0 saturated heterocycles. The number of aliphatic carboxylic acids is 1. The molecule has 0 unspecified atom stereocenters. The van der Waals surface area contributed by atoms with Crippen molar-refractivity contribution >= 4 is 5.97 Å². The molecule has 2 N–H and O–H groups in total. The number of aryl methyl sites for hydroxylation is 1. The number of pyridine rings is 1. The van der Waals surface area contributed by atoms with Crippen LogP contribution in [-0.4, -0.2) is 16.1 Å². The number of aromatic nitrogens is 1. The molecule has 4 nitrogen and oxygen atoms in total. The van der Waals surface area contributed by atoms with E-state index in [0.29, 0.717) is 11.1 Å². The second kappa shape index (κ2) is 4.28. The lowest BCUT2D eigenvalue weighted by Crippen LogP contribution is -2.08. The van der Waals surface area contributed by atoms with Crippen LogP contribution in [0.2, 0.25) is 0 Å². The van der Waals surface area contributed by atoms with Crippen LogP contribution >= 0.6 is 0 Å². The van der Waals surface area contributed by atoms with Crippen LogP contribution in [0.1, 0.15) is 17.5 Å². The Balaban J connectivity index is 2.86. The molecule has 0 radical (unpaired) electrons. The van der Waals surface area contributed by atoms with Gasteiger partial charge in [0.2, 0.25) is 0 Å². The van der Waals surface area contributed by atoms with Crippen molar-refractivity contribution < 1.29 is 9.90 Å². The highest BCUT2D eigenvalue weighted by atomic mass is 16.4. The zero-order valence-corrected chi connectivity index (χ0v) is 7.63. The number of hydrogen-bond donors (Lipinski definition) is 2. The number of carboxylic acids is 1. The van der Waals surface area contributed by atoms with E-state index >= 15 is 0 Å². The zero-order valence-electron chi connectivity index (χ0n) is 7.63. The molecule has 0 spiro atoms. The summed E-state index contributed by atoms with van der Waals surface area (Å²) in [6.07, 6.45) is 1.27. The van der Waals surface area contributed by atoms with Gasteiger partial charge in [-0.2, -0.15) is 0 Å². The zero-order chi connectivity index (χ0) is 10.6. The molecule has 1 heterocycles. The van der Waals surface area contributed by atoms with Crippen LogP contribution in [0.4, 0.5) is 0 Å². The fraction of sp³-hybridized carbons (Fsp3) is 0.200. The Morgan fingerprint density at radius 2 is 2.36 bits per heavy atom. The Labute approximate surface area is 80.6 Å². The van der Waals surface area contributed by atoms with Crippen molar-refractivity contribution in [3.05, 3.63) is 33.7 Å². The van der Waals surface area contributed by atoms with Gasteiger partial charge in [-0.05, 0) is 13.0 Å². The van der Waals surface area contributed by atoms with Crippen molar-refractivity contribution in [2.45, 2.75) is 13.3 Å². The lowest BCUT2D eigenvalue weighted by Gasteiger charge is -1.91. The van der Waals surface area contributed by atoms with Crippen molar-refractivity contribution in [1.82, 2.24) is 4.98 Å². The third-order valence-corrected chi connectivity index (χ3v) is 1.56. The van der Waals surface area contributed by atoms with Gasteiger partial charge in [0.05, 0.1) is 0 Å². The van der Waals surface area contributed by atoms with Gasteiger partial charge >= 0.3 is 5.97 Å². The fourth-order valence-corrected chi connectivity index (χ4v) is 0.892. The molecule has 0 fully saturated rings. The Bertz CT molecular complexity index is 462. The van der Waals surface area contributed by atoms with Crippen molar-refractivity contribution in [2.75, 3.05) is 0 Å². The second-order valence-corrected chi connectivity index (χ2v) is 2.77. The van der Waals surface area contributed by atoms with Crippen molar-refractivity contribution in [2.24, 2.45) is 0 Å². The molecule has 1 aromatic heterocycles. The molecule has 14 heavy (non-hydrogen) atoms. The monoisotopic (exact) mass is 191 g/mol. The van der Waals surface area contributed by atoms with Crippen molar-refractivity contribution in [1.29, 1.82) is 0 Å². The minimum Gasteiger partial charge on any atom is -0.481 e. The van der Waals surface area contributed by atoms with Crippen LogP contribution in [0.25, 0.3) is 0 Å². The summed E-state index contributed by atoms with van der Waals surface area (Å²) >= 11 is 0. The Morgan fingerprint density at radius 3 is 2.93 bits per heavy atom. The molecule has 0 atom stereocenters. The normalized spacial score (nSPS) is 8.93. The lowest BCUT2D eigenvalue weighted by molar-refractivity contribution is -0.135. The van der Waals surface area contributed by atoms with E-state index in [1.807, 2.05) is 0 Å². The quantitative estimate of drug-likeness (QED) is 0.635. The molecular weight excluding hydrogens is 182 g/mol. The summed E-state index contributed by atoms with van der Waals surface area (Å²) < 4.78 is 0. The molecule has 0 aliphatic heterocycles. The molecule has 72 valence electrons. The highest BCUT2D eigenvalue weighted by Crippen LogP contribution is 1.94. The van der Waals surface area contributed by atoms with Gasteiger partial charge in [-0.25, -0.2) is 0 Å². The minimum absolute atomic E-state index is 0.159. The van der Waals surface area contributed by atoms with Gasteiger partial charge < -0.3 is 10.1 Å². The summed E-state index contributed by atoms with van der Waals surface area (Å²) in [5.41, 5.74) is 1.02. The summed E-state index contributed by atoms with van der Waals surface area (Å²) in [5, 5.41) is 8.33. The molecule has 0 aliphatic rings. The van der Waals surface area contributed by atoms with Gasteiger partial charge in [-0.1, -0.05) is 11.8 Å². The van der Waals surface area contributed by atoms with Gasteiger partial charge in [0, 0.05) is 17.3 Å². The second-order valence-electron chi connectivity index (χ2n) is 2.77. The first-order valence-electron chi connectivity index (χ1n) is 3.99. The van der Waals surface area contributed by atoms with E-state index in [1.165, 1.54) is 6.20 Å². The third-order valence-electron chi connectivity index (χ3n) is 1.56. The van der Waals surface area contributed by atoms with Crippen LogP contribution in [0.15, 0.2) is 17.1 Å². The van der Waals surface area contributed by atoms with E-state index in [-0.39, 0.29) is 12.0 Å². The predicted molar refractivity (Wildman–Crippen MR) is 50.9 cm³/mol. The van der Waals surface area contributed by atoms with Gasteiger partial charge in [0.25, 0.3) is 5.56 Å². The van der Waals surface area contributed by atoms with Crippen molar-refractivity contribution in [3.63, 3.8) is 0 Å². The molecule has 0 bridgehead atoms. The van der Waals surface area contributed by atoms with Gasteiger partial charge in [-0.3, -0.25) is 9.59 Å². The SMILES string of the molecule is Cc1cc(C#CCC(=O)O)c[nH]c1=O. The highest BCUT2D eigenvalue weighted by Gasteiger charge is 1.93. The average Bonchev–Trinajstić information content (AvgIpc) is 2.10. The molecule has 0 aliphatic carbocycles. The van der Waals surface area contributed by atoms with Crippen LogP contribution in [0.3, 0.4) is 0 Å². The van der Waals surface area contributed by atoms with Crippen molar-refractivity contribution in [3.8, 4) is 11.8 Å². The molecule has 1 aromatic rings. The highest BCUT2D eigenvalue weighted by molar-refractivity contribution is 5.70. The Kier molecular flexibility index (Phi) is 3.08. The van der Waals surface area contributed by atoms with Gasteiger partial charge in [0.15, 0.2) is 0 Å². The fourth-order valence-electron chi connectivity index (χ4n) is 0.892. The van der Waals surface area contributed by atoms with E-state index in [1.54, 1.807) is 13.0 Å². The maximum absolute atomic E-state index is 11.0. The standard InChI is InChI=1S/C10H9NO3/c1-7-5-8(6-11-10(7)14)3-2-4-9(12)13/h5-6H,4H2,1H3,(H,11,14)(H,12,13).